The Bertz CT molecular complexity index is 305. The van der Waals surface area contributed by atoms with Crippen molar-refractivity contribution >= 4 is 12.5 Å². The van der Waals surface area contributed by atoms with E-state index in [1.165, 1.54) is 5.56 Å². The topological polar surface area (TPSA) is 26.3 Å². The van der Waals surface area contributed by atoms with E-state index in [2.05, 4.69) is 4.74 Å². The number of aryl methyl sites for hydroxylation is 1. The number of rotatable bonds is 4. The minimum absolute atomic E-state index is 0. The Labute approximate surface area is 137 Å². The maximum atomic E-state index is 9.80. The third kappa shape index (κ3) is 13.6. The molecule has 0 fully saturated rings. The van der Waals surface area contributed by atoms with Gasteiger partial charge in [0, 0.05) is 32.7 Å². The first-order valence-corrected chi connectivity index (χ1v) is 5.27. The van der Waals surface area contributed by atoms with Crippen molar-refractivity contribution < 1.29 is 42.2 Å². The van der Waals surface area contributed by atoms with Gasteiger partial charge in [-0.3, -0.25) is 4.79 Å². The number of ether oxygens (including phenoxy) is 1. The van der Waals surface area contributed by atoms with Crippen molar-refractivity contribution in [3.63, 3.8) is 0 Å². The van der Waals surface area contributed by atoms with E-state index in [9.17, 15) is 4.79 Å². The minimum Gasteiger partial charge on any atom is -0.464 e. The Morgan fingerprint density at radius 1 is 1.22 bits per heavy atom. The van der Waals surface area contributed by atoms with Crippen LogP contribution in [0.2, 0.25) is 0 Å². The van der Waals surface area contributed by atoms with Gasteiger partial charge in [-0.2, -0.15) is 13.8 Å². The van der Waals surface area contributed by atoms with Crippen LogP contribution in [0.4, 0.5) is 0 Å². The molecule has 0 aromatic heterocycles. The molecule has 0 aliphatic rings. The summed E-state index contributed by atoms with van der Waals surface area (Å²) in [7, 11) is 0. The number of benzene rings is 1. The van der Waals surface area contributed by atoms with Crippen molar-refractivity contribution in [1.29, 1.82) is 0 Å². The van der Waals surface area contributed by atoms with Crippen LogP contribution in [0.15, 0.2) is 30.3 Å². The van der Waals surface area contributed by atoms with Crippen molar-refractivity contribution in [3.8, 4) is 0 Å². The predicted molar refractivity (Wildman–Crippen MR) is 74.3 cm³/mol. The normalized spacial score (nSPS) is 8.39. The van der Waals surface area contributed by atoms with Crippen LogP contribution < -0.4 is 0 Å². The number of carbonyl (C=O) groups is 1. The van der Waals surface area contributed by atoms with E-state index in [0.717, 1.165) is 5.56 Å². The van der Waals surface area contributed by atoms with Crippen molar-refractivity contribution in [2.45, 2.75) is 20.8 Å². The molecule has 0 bridgehead atoms. The third-order valence-electron chi connectivity index (χ3n) is 1.65. The molecule has 1 aromatic carbocycles. The van der Waals surface area contributed by atoms with Gasteiger partial charge in [0.1, 0.15) is 6.61 Å². The molecule has 1 aromatic rings. The standard InChI is InChI=1S/C11H12O2.C3H7.CH3.Y/c1-10-4-6-11(7-5-10)3-2-8-13-9-12;1-3-2;;/h2-7,9H,8H2,1H3;3H,1-2H3;1H3;/q;2*-1;/b3-2+;;;. The van der Waals surface area contributed by atoms with Crippen LogP contribution in [0.25, 0.3) is 6.08 Å². The van der Waals surface area contributed by atoms with Crippen molar-refractivity contribution in [1.82, 2.24) is 0 Å². The Morgan fingerprint density at radius 3 is 2.17 bits per heavy atom. The van der Waals surface area contributed by atoms with Crippen LogP contribution in [0.5, 0.6) is 0 Å². The van der Waals surface area contributed by atoms with Gasteiger partial charge in [0.05, 0.1) is 0 Å². The molecule has 0 atom stereocenters. The molecule has 3 heteroatoms. The third-order valence-corrected chi connectivity index (χ3v) is 1.65. The largest absolute Gasteiger partial charge is 0.464 e. The average Bonchev–Trinajstić information content (AvgIpc) is 2.28. The number of hydrogen-bond acceptors (Lipinski definition) is 2. The van der Waals surface area contributed by atoms with Gasteiger partial charge in [0.25, 0.3) is 6.47 Å². The van der Waals surface area contributed by atoms with Gasteiger partial charge in [-0.15, -0.1) is 0 Å². The fraction of sp³-hybridized carbons (Fsp3) is 0.267. The molecule has 1 rings (SSSR count). The summed E-state index contributed by atoms with van der Waals surface area (Å²) in [6, 6.07) is 8.12. The van der Waals surface area contributed by atoms with E-state index < -0.39 is 0 Å². The minimum atomic E-state index is 0. The maximum Gasteiger partial charge on any atom is 0.293 e. The molecule has 1 radical (unpaired) electrons. The number of carbonyl (C=O) groups excluding carboxylic acids is 1. The molecular formula is C15H22O2Y-2. The second kappa shape index (κ2) is 16.5. The van der Waals surface area contributed by atoms with Crippen LogP contribution in [0.1, 0.15) is 25.0 Å². The maximum absolute atomic E-state index is 9.80. The van der Waals surface area contributed by atoms with E-state index in [1.807, 2.05) is 57.5 Å². The summed E-state index contributed by atoms with van der Waals surface area (Å²) in [6.07, 6.45) is 5.72. The molecule has 99 valence electrons. The van der Waals surface area contributed by atoms with Crippen LogP contribution in [-0.4, -0.2) is 13.1 Å². The molecule has 0 amide bonds. The zero-order valence-corrected chi connectivity index (χ0v) is 14.6. The Hall–Kier alpha value is -0.466. The first-order chi connectivity index (χ1) is 7.74. The fourth-order valence-corrected chi connectivity index (χ4v) is 0.957. The van der Waals surface area contributed by atoms with Gasteiger partial charge in [-0.1, -0.05) is 35.9 Å². The number of hydrogen-bond donors (Lipinski definition) is 0. The summed E-state index contributed by atoms with van der Waals surface area (Å²) in [5.74, 6) is 0. The van der Waals surface area contributed by atoms with Crippen LogP contribution in [-0.2, 0) is 42.2 Å². The van der Waals surface area contributed by atoms with Gasteiger partial charge in [-0.05, 0) is 18.6 Å². The fourth-order valence-electron chi connectivity index (χ4n) is 0.957. The smallest absolute Gasteiger partial charge is 0.293 e. The average molecular weight is 323 g/mol. The summed E-state index contributed by atoms with van der Waals surface area (Å²) in [4.78, 5) is 9.80. The van der Waals surface area contributed by atoms with Gasteiger partial charge < -0.3 is 18.6 Å². The second-order valence-electron chi connectivity index (χ2n) is 3.32. The van der Waals surface area contributed by atoms with Crippen molar-refractivity contribution in [2.24, 2.45) is 0 Å². The summed E-state index contributed by atoms with van der Waals surface area (Å²) in [5, 5.41) is 0. The van der Waals surface area contributed by atoms with Gasteiger partial charge in [0.15, 0.2) is 0 Å². The van der Waals surface area contributed by atoms with E-state index in [0.29, 0.717) is 13.1 Å². The van der Waals surface area contributed by atoms with E-state index in [-0.39, 0.29) is 40.1 Å². The molecule has 0 N–H and O–H groups in total. The second-order valence-corrected chi connectivity index (χ2v) is 3.32. The van der Waals surface area contributed by atoms with E-state index in [1.54, 1.807) is 6.08 Å². The van der Waals surface area contributed by atoms with E-state index >= 15 is 0 Å². The summed E-state index contributed by atoms with van der Waals surface area (Å²) < 4.78 is 4.51. The molecule has 0 saturated heterocycles. The SMILES string of the molecule is C[CH-]C.Cc1ccc(/C=C/COC=O)cc1.[CH3-].[Y]. The molecule has 2 nitrogen and oxygen atoms in total. The summed E-state index contributed by atoms with van der Waals surface area (Å²) >= 11 is 0. The Balaban J connectivity index is -0.000000410. The molecule has 0 spiro atoms. The van der Waals surface area contributed by atoms with Crippen molar-refractivity contribution in [3.05, 3.63) is 55.3 Å². The summed E-state index contributed by atoms with van der Waals surface area (Å²) in [6.45, 7) is 6.82. The first kappa shape index (κ1) is 22.7. The summed E-state index contributed by atoms with van der Waals surface area (Å²) in [5.41, 5.74) is 2.35. The molecule has 0 saturated carbocycles. The zero-order valence-electron chi connectivity index (χ0n) is 11.7. The molecular weight excluding hydrogens is 301 g/mol. The molecule has 18 heavy (non-hydrogen) atoms. The van der Waals surface area contributed by atoms with Gasteiger partial charge in [-0.25, -0.2) is 0 Å². The molecule has 0 heterocycles. The predicted octanol–water partition coefficient (Wildman–Crippen LogP) is 3.86. The Kier molecular flexibility index (Phi) is 20.8. The van der Waals surface area contributed by atoms with Gasteiger partial charge in [0.2, 0.25) is 0 Å². The van der Waals surface area contributed by atoms with Crippen LogP contribution >= 0.6 is 0 Å². The quantitative estimate of drug-likeness (QED) is 0.478. The monoisotopic (exact) mass is 323 g/mol. The van der Waals surface area contributed by atoms with Gasteiger partial charge >= 0.3 is 0 Å². The van der Waals surface area contributed by atoms with E-state index in [4.69, 9.17) is 0 Å². The zero-order chi connectivity index (χ0) is 12.2. The molecule has 0 unspecified atom stereocenters. The Morgan fingerprint density at radius 2 is 1.72 bits per heavy atom. The van der Waals surface area contributed by atoms with Crippen LogP contribution in [0, 0.1) is 20.8 Å². The molecule has 0 aliphatic heterocycles. The van der Waals surface area contributed by atoms with Crippen LogP contribution in [0.3, 0.4) is 0 Å². The molecule has 0 aliphatic carbocycles. The first-order valence-electron chi connectivity index (χ1n) is 5.27. The van der Waals surface area contributed by atoms with Crippen molar-refractivity contribution in [2.75, 3.05) is 6.61 Å².